The van der Waals surface area contributed by atoms with Gasteiger partial charge in [0.1, 0.15) is 5.82 Å². The first-order valence-electron chi connectivity index (χ1n) is 8.23. The lowest BCUT2D eigenvalue weighted by atomic mass is 10.1. The number of hydrogen-bond donors (Lipinski definition) is 1. The molecule has 7 nitrogen and oxygen atoms in total. The zero-order chi connectivity index (χ0) is 18.1. The van der Waals surface area contributed by atoms with E-state index < -0.39 is 10.0 Å². The predicted octanol–water partition coefficient (Wildman–Crippen LogP) is 1.78. The molecule has 2 heterocycles. The third-order valence-electron chi connectivity index (χ3n) is 4.38. The van der Waals surface area contributed by atoms with Crippen molar-refractivity contribution in [3.05, 3.63) is 48.7 Å². The number of nitrogens with zero attached hydrogens (tertiary/aromatic N) is 3. The lowest BCUT2D eigenvalue weighted by molar-refractivity contribution is 0.122. The summed E-state index contributed by atoms with van der Waals surface area (Å²) in [5.41, 5.74) is 3.43. The average molecular weight is 370 g/mol. The van der Waals surface area contributed by atoms with E-state index in [0.29, 0.717) is 13.2 Å². The Balaban J connectivity index is 1.69. The van der Waals surface area contributed by atoms with Crippen molar-refractivity contribution in [3.63, 3.8) is 0 Å². The minimum atomic E-state index is -3.69. The number of sulfonamides is 1. The third kappa shape index (κ3) is 3.39. The van der Waals surface area contributed by atoms with E-state index in [0.717, 1.165) is 41.1 Å². The standard InChI is InChI=1S/C18H18N4O3S/c19-26(23,24)15-4-1-13(2-5-15)14-3-6-16-17(11-14)21-18(12-20-16)22-7-9-25-10-8-22/h1-6,11-12H,7-10H2,(H2,19,23,24). The van der Waals surface area contributed by atoms with Crippen LogP contribution in [0.5, 0.6) is 0 Å². The van der Waals surface area contributed by atoms with E-state index in [1.807, 2.05) is 18.2 Å². The molecule has 0 amide bonds. The number of morpholine rings is 1. The first kappa shape index (κ1) is 16.9. The van der Waals surface area contributed by atoms with Crippen molar-refractivity contribution < 1.29 is 13.2 Å². The highest BCUT2D eigenvalue weighted by atomic mass is 32.2. The van der Waals surface area contributed by atoms with Crippen molar-refractivity contribution in [2.45, 2.75) is 4.90 Å². The van der Waals surface area contributed by atoms with Crippen LogP contribution in [-0.4, -0.2) is 44.7 Å². The van der Waals surface area contributed by atoms with Gasteiger partial charge in [0.05, 0.1) is 35.3 Å². The van der Waals surface area contributed by atoms with E-state index in [2.05, 4.69) is 9.88 Å². The molecule has 134 valence electrons. The van der Waals surface area contributed by atoms with E-state index in [1.54, 1.807) is 18.3 Å². The first-order chi connectivity index (χ1) is 12.5. The highest BCUT2D eigenvalue weighted by Gasteiger charge is 2.14. The Morgan fingerprint density at radius 3 is 2.35 bits per heavy atom. The summed E-state index contributed by atoms with van der Waals surface area (Å²) in [4.78, 5) is 11.5. The molecule has 2 aromatic carbocycles. The van der Waals surface area contributed by atoms with Crippen LogP contribution < -0.4 is 10.0 Å². The number of aromatic nitrogens is 2. The summed E-state index contributed by atoms with van der Waals surface area (Å²) in [6.07, 6.45) is 1.79. The molecule has 3 aromatic rings. The Kier molecular flexibility index (Phi) is 4.31. The molecule has 0 spiro atoms. The summed E-state index contributed by atoms with van der Waals surface area (Å²) in [7, 11) is -3.69. The van der Waals surface area contributed by atoms with E-state index >= 15 is 0 Å². The van der Waals surface area contributed by atoms with Crippen LogP contribution >= 0.6 is 0 Å². The predicted molar refractivity (Wildman–Crippen MR) is 99.4 cm³/mol. The van der Waals surface area contributed by atoms with Crippen LogP contribution in [0, 0.1) is 0 Å². The molecular formula is C18H18N4O3S. The van der Waals surface area contributed by atoms with Gasteiger partial charge in [-0.15, -0.1) is 0 Å². The fraction of sp³-hybridized carbons (Fsp3) is 0.222. The molecule has 1 fully saturated rings. The van der Waals surface area contributed by atoms with Crippen LogP contribution in [0.1, 0.15) is 0 Å². The Labute approximate surface area is 151 Å². The summed E-state index contributed by atoms with van der Waals surface area (Å²) in [5.74, 6) is 0.836. The van der Waals surface area contributed by atoms with E-state index in [9.17, 15) is 8.42 Å². The van der Waals surface area contributed by atoms with Crippen molar-refractivity contribution in [1.82, 2.24) is 9.97 Å². The second-order valence-corrected chi connectivity index (χ2v) is 7.66. The summed E-state index contributed by atoms with van der Waals surface area (Å²) in [6.45, 7) is 2.98. The van der Waals surface area contributed by atoms with Gasteiger partial charge in [-0.1, -0.05) is 18.2 Å². The van der Waals surface area contributed by atoms with Gasteiger partial charge >= 0.3 is 0 Å². The van der Waals surface area contributed by atoms with Crippen molar-refractivity contribution in [1.29, 1.82) is 0 Å². The number of ether oxygens (including phenoxy) is 1. The van der Waals surface area contributed by atoms with Crippen LogP contribution in [0.3, 0.4) is 0 Å². The summed E-state index contributed by atoms with van der Waals surface area (Å²) in [6, 6.07) is 12.3. The van der Waals surface area contributed by atoms with Gasteiger partial charge in [0.2, 0.25) is 10.0 Å². The van der Waals surface area contributed by atoms with Gasteiger partial charge in [-0.05, 0) is 35.4 Å². The summed E-state index contributed by atoms with van der Waals surface area (Å²) < 4.78 is 28.2. The Morgan fingerprint density at radius 1 is 0.962 bits per heavy atom. The van der Waals surface area contributed by atoms with E-state index in [4.69, 9.17) is 14.9 Å². The van der Waals surface area contributed by atoms with Crippen molar-refractivity contribution in [2.24, 2.45) is 5.14 Å². The smallest absolute Gasteiger partial charge is 0.238 e. The Morgan fingerprint density at radius 2 is 1.65 bits per heavy atom. The van der Waals surface area contributed by atoms with Gasteiger partial charge in [-0.2, -0.15) is 0 Å². The molecular weight excluding hydrogens is 352 g/mol. The molecule has 1 aliphatic heterocycles. The largest absolute Gasteiger partial charge is 0.378 e. The maximum absolute atomic E-state index is 11.4. The lowest BCUT2D eigenvalue weighted by Crippen LogP contribution is -2.36. The number of nitrogens with two attached hydrogens (primary N) is 1. The lowest BCUT2D eigenvalue weighted by Gasteiger charge is -2.27. The number of fused-ring (bicyclic) bond motifs is 1. The van der Waals surface area contributed by atoms with Crippen LogP contribution in [0.4, 0.5) is 5.82 Å². The minimum Gasteiger partial charge on any atom is -0.378 e. The molecule has 1 aromatic heterocycles. The SMILES string of the molecule is NS(=O)(=O)c1ccc(-c2ccc3ncc(N4CCOCC4)nc3c2)cc1. The van der Waals surface area contributed by atoms with Gasteiger partial charge < -0.3 is 9.64 Å². The molecule has 0 saturated carbocycles. The first-order valence-corrected chi connectivity index (χ1v) is 9.78. The molecule has 4 rings (SSSR count). The zero-order valence-electron chi connectivity index (χ0n) is 14.0. The molecule has 0 aliphatic carbocycles. The topological polar surface area (TPSA) is 98.4 Å². The Bertz CT molecular complexity index is 1050. The highest BCUT2D eigenvalue weighted by Crippen LogP contribution is 2.25. The Hall–Kier alpha value is -2.55. The molecule has 8 heteroatoms. The van der Waals surface area contributed by atoms with Gasteiger partial charge in [-0.3, -0.25) is 4.98 Å². The molecule has 2 N–H and O–H groups in total. The third-order valence-corrected chi connectivity index (χ3v) is 5.31. The molecule has 0 bridgehead atoms. The second kappa shape index (κ2) is 6.64. The second-order valence-electron chi connectivity index (χ2n) is 6.10. The molecule has 1 saturated heterocycles. The van der Waals surface area contributed by atoms with Crippen LogP contribution in [0.2, 0.25) is 0 Å². The van der Waals surface area contributed by atoms with Crippen molar-refractivity contribution in [2.75, 3.05) is 31.2 Å². The number of hydrogen-bond acceptors (Lipinski definition) is 6. The average Bonchev–Trinajstić information content (AvgIpc) is 2.67. The van der Waals surface area contributed by atoms with Crippen LogP contribution in [0.25, 0.3) is 22.2 Å². The number of anilines is 1. The molecule has 26 heavy (non-hydrogen) atoms. The normalized spacial score (nSPS) is 15.3. The monoisotopic (exact) mass is 370 g/mol. The quantitative estimate of drug-likeness (QED) is 0.755. The van der Waals surface area contributed by atoms with Crippen molar-refractivity contribution in [3.8, 4) is 11.1 Å². The zero-order valence-corrected chi connectivity index (χ0v) is 14.8. The minimum absolute atomic E-state index is 0.0939. The van der Waals surface area contributed by atoms with Gasteiger partial charge in [-0.25, -0.2) is 18.5 Å². The number of primary sulfonamides is 1. The van der Waals surface area contributed by atoms with Gasteiger partial charge in [0.25, 0.3) is 0 Å². The fourth-order valence-corrected chi connectivity index (χ4v) is 3.48. The summed E-state index contributed by atoms with van der Waals surface area (Å²) in [5, 5.41) is 5.15. The van der Waals surface area contributed by atoms with Crippen LogP contribution in [0.15, 0.2) is 53.6 Å². The van der Waals surface area contributed by atoms with Gasteiger partial charge in [0, 0.05) is 13.1 Å². The van der Waals surface area contributed by atoms with Crippen LogP contribution in [-0.2, 0) is 14.8 Å². The summed E-state index contributed by atoms with van der Waals surface area (Å²) >= 11 is 0. The molecule has 0 atom stereocenters. The number of benzene rings is 2. The van der Waals surface area contributed by atoms with E-state index in [1.165, 1.54) is 12.1 Å². The fourth-order valence-electron chi connectivity index (χ4n) is 2.96. The number of rotatable bonds is 3. The maximum atomic E-state index is 11.4. The molecule has 0 unspecified atom stereocenters. The molecule has 1 aliphatic rings. The molecule has 0 radical (unpaired) electrons. The van der Waals surface area contributed by atoms with Crippen molar-refractivity contribution >= 4 is 26.9 Å². The maximum Gasteiger partial charge on any atom is 0.238 e. The highest BCUT2D eigenvalue weighted by molar-refractivity contribution is 7.89. The van der Waals surface area contributed by atoms with E-state index in [-0.39, 0.29) is 4.90 Å². The van der Waals surface area contributed by atoms with Gasteiger partial charge in [0.15, 0.2) is 0 Å².